The van der Waals surface area contributed by atoms with E-state index < -0.39 is 0 Å². The van der Waals surface area contributed by atoms with Crippen molar-refractivity contribution in [2.75, 3.05) is 13.7 Å². The van der Waals surface area contributed by atoms with Crippen molar-refractivity contribution in [2.24, 2.45) is 5.92 Å². The average Bonchev–Trinajstić information content (AvgIpc) is 2.96. The molecule has 0 N–H and O–H groups in total. The summed E-state index contributed by atoms with van der Waals surface area (Å²) in [6.45, 7) is 7.24. The van der Waals surface area contributed by atoms with E-state index in [9.17, 15) is 9.59 Å². The predicted molar refractivity (Wildman–Crippen MR) is 76.4 cm³/mol. The normalized spacial score (nSPS) is 19.5. The zero-order valence-corrected chi connectivity index (χ0v) is 13.1. The maximum atomic E-state index is 11.9. The van der Waals surface area contributed by atoms with Gasteiger partial charge in [-0.2, -0.15) is 0 Å². The molecule has 6 heteroatoms. The van der Waals surface area contributed by atoms with Crippen LogP contribution < -0.4 is 0 Å². The van der Waals surface area contributed by atoms with Crippen molar-refractivity contribution in [1.82, 2.24) is 9.88 Å². The molecule has 2 rings (SSSR count). The molecule has 110 valence electrons. The van der Waals surface area contributed by atoms with Gasteiger partial charge in [0.15, 0.2) is 0 Å². The monoisotopic (exact) mass is 296 g/mol. The largest absolute Gasteiger partial charge is 0.469 e. The number of esters is 1. The Morgan fingerprint density at radius 1 is 1.55 bits per heavy atom. The molecular formula is C14H20N2O3S. The number of rotatable bonds is 3. The van der Waals surface area contributed by atoms with Gasteiger partial charge < -0.3 is 9.64 Å². The molecule has 1 aliphatic heterocycles. The van der Waals surface area contributed by atoms with Crippen molar-refractivity contribution in [1.29, 1.82) is 0 Å². The van der Waals surface area contributed by atoms with E-state index in [4.69, 9.17) is 4.74 Å². The summed E-state index contributed by atoms with van der Waals surface area (Å²) in [5.74, 6) is -0.655. The lowest BCUT2D eigenvalue weighted by molar-refractivity contribution is -0.145. The Kier molecular flexibility index (Phi) is 4.13. The number of hydrogen-bond donors (Lipinski definition) is 0. The third-order valence-electron chi connectivity index (χ3n) is 3.40. The van der Waals surface area contributed by atoms with E-state index in [1.165, 1.54) is 7.11 Å². The van der Waals surface area contributed by atoms with E-state index in [2.05, 4.69) is 25.8 Å². The molecule has 0 aromatic carbocycles. The molecule has 1 unspecified atom stereocenters. The molecule has 1 aromatic rings. The van der Waals surface area contributed by atoms with Crippen LogP contribution in [-0.4, -0.2) is 35.4 Å². The number of thiazole rings is 1. The number of carbonyl (C=O) groups is 2. The van der Waals surface area contributed by atoms with Crippen molar-refractivity contribution < 1.29 is 14.3 Å². The Morgan fingerprint density at radius 3 is 2.80 bits per heavy atom. The highest BCUT2D eigenvalue weighted by Crippen LogP contribution is 2.26. The summed E-state index contributed by atoms with van der Waals surface area (Å²) < 4.78 is 4.70. The van der Waals surface area contributed by atoms with Gasteiger partial charge in [0.05, 0.1) is 25.3 Å². The van der Waals surface area contributed by atoms with Gasteiger partial charge in [-0.25, -0.2) is 4.98 Å². The summed E-state index contributed by atoms with van der Waals surface area (Å²) in [4.78, 5) is 29.7. The second-order valence-corrected chi connectivity index (χ2v) is 7.02. The van der Waals surface area contributed by atoms with E-state index in [1.807, 2.05) is 5.38 Å². The lowest BCUT2D eigenvalue weighted by atomic mass is 9.93. The highest BCUT2D eigenvalue weighted by atomic mass is 32.1. The quantitative estimate of drug-likeness (QED) is 0.800. The Bertz CT molecular complexity index is 519. The number of aromatic nitrogens is 1. The van der Waals surface area contributed by atoms with Crippen LogP contribution in [0.3, 0.4) is 0 Å². The minimum Gasteiger partial charge on any atom is -0.469 e. The Balaban J connectivity index is 2.02. The molecule has 1 fully saturated rings. The lowest BCUT2D eigenvalue weighted by Gasteiger charge is -2.16. The van der Waals surface area contributed by atoms with E-state index in [-0.39, 0.29) is 29.6 Å². The van der Waals surface area contributed by atoms with Crippen molar-refractivity contribution in [2.45, 2.75) is 39.2 Å². The summed E-state index contributed by atoms with van der Waals surface area (Å²) in [5.41, 5.74) is 1.05. The molecule has 0 saturated carbocycles. The fourth-order valence-electron chi connectivity index (χ4n) is 2.14. The van der Waals surface area contributed by atoms with E-state index in [0.717, 1.165) is 10.7 Å². The van der Waals surface area contributed by atoms with Crippen LogP contribution in [0.25, 0.3) is 0 Å². The van der Waals surface area contributed by atoms with Gasteiger partial charge in [0.2, 0.25) is 5.91 Å². The highest BCUT2D eigenvalue weighted by molar-refractivity contribution is 7.09. The predicted octanol–water partition coefficient (Wildman–Crippen LogP) is 1.96. The molecule has 0 bridgehead atoms. The average molecular weight is 296 g/mol. The number of amides is 1. The maximum Gasteiger partial charge on any atom is 0.310 e. The molecule has 0 radical (unpaired) electrons. The van der Waals surface area contributed by atoms with E-state index >= 15 is 0 Å². The van der Waals surface area contributed by atoms with Crippen LogP contribution in [0.4, 0.5) is 0 Å². The van der Waals surface area contributed by atoms with Crippen LogP contribution in [0.5, 0.6) is 0 Å². The van der Waals surface area contributed by atoms with Gasteiger partial charge in [0, 0.05) is 23.8 Å². The molecule has 1 saturated heterocycles. The van der Waals surface area contributed by atoms with Crippen LogP contribution in [0, 0.1) is 5.92 Å². The van der Waals surface area contributed by atoms with Crippen LogP contribution in [-0.2, 0) is 26.3 Å². The molecule has 1 aromatic heterocycles. The summed E-state index contributed by atoms with van der Waals surface area (Å²) in [7, 11) is 1.35. The van der Waals surface area contributed by atoms with Crippen molar-refractivity contribution in [3.05, 3.63) is 16.1 Å². The Hall–Kier alpha value is -1.43. The minimum absolute atomic E-state index is 0.00657. The van der Waals surface area contributed by atoms with Crippen LogP contribution >= 0.6 is 11.3 Å². The number of methoxy groups -OCH3 is 1. The second kappa shape index (κ2) is 5.52. The van der Waals surface area contributed by atoms with Gasteiger partial charge in [-0.1, -0.05) is 20.8 Å². The van der Waals surface area contributed by atoms with E-state index in [1.54, 1.807) is 16.2 Å². The van der Waals surface area contributed by atoms with Gasteiger partial charge in [-0.05, 0) is 0 Å². The molecule has 1 aliphatic rings. The number of hydrogen-bond acceptors (Lipinski definition) is 5. The first kappa shape index (κ1) is 15.0. The molecule has 20 heavy (non-hydrogen) atoms. The summed E-state index contributed by atoms with van der Waals surface area (Å²) in [6.07, 6.45) is 0.240. The summed E-state index contributed by atoms with van der Waals surface area (Å²) in [6, 6.07) is 0. The molecule has 2 heterocycles. The third-order valence-corrected chi connectivity index (χ3v) is 4.23. The van der Waals surface area contributed by atoms with Crippen molar-refractivity contribution >= 4 is 23.2 Å². The molecule has 1 amide bonds. The van der Waals surface area contributed by atoms with Crippen LogP contribution in [0.2, 0.25) is 0 Å². The second-order valence-electron chi connectivity index (χ2n) is 6.07. The Morgan fingerprint density at radius 2 is 2.25 bits per heavy atom. The van der Waals surface area contributed by atoms with Gasteiger partial charge in [0.25, 0.3) is 0 Å². The van der Waals surface area contributed by atoms with Crippen molar-refractivity contribution in [3.63, 3.8) is 0 Å². The van der Waals surface area contributed by atoms with Gasteiger partial charge in [-0.3, -0.25) is 9.59 Å². The fourth-order valence-corrected chi connectivity index (χ4v) is 3.18. The number of likely N-dealkylation sites (tertiary alicyclic amines) is 1. The summed E-state index contributed by atoms with van der Waals surface area (Å²) in [5, 5.41) is 2.95. The van der Waals surface area contributed by atoms with E-state index in [0.29, 0.717) is 13.1 Å². The lowest BCUT2D eigenvalue weighted by Crippen LogP contribution is -2.26. The Labute approximate surface area is 122 Å². The number of carbonyl (C=O) groups excluding carboxylic acids is 2. The highest BCUT2D eigenvalue weighted by Gasteiger charge is 2.35. The molecular weight excluding hydrogens is 276 g/mol. The zero-order chi connectivity index (χ0) is 14.9. The first-order chi connectivity index (χ1) is 9.31. The van der Waals surface area contributed by atoms with Gasteiger partial charge >= 0.3 is 5.97 Å². The smallest absolute Gasteiger partial charge is 0.310 e. The van der Waals surface area contributed by atoms with Crippen LogP contribution in [0.15, 0.2) is 5.38 Å². The molecule has 0 aliphatic carbocycles. The maximum absolute atomic E-state index is 11.9. The van der Waals surface area contributed by atoms with Gasteiger partial charge in [-0.15, -0.1) is 11.3 Å². The summed E-state index contributed by atoms with van der Waals surface area (Å²) >= 11 is 1.56. The fraction of sp³-hybridized carbons (Fsp3) is 0.643. The number of nitrogens with zero attached hydrogens (tertiary/aromatic N) is 2. The number of ether oxygens (including phenoxy) is 1. The first-order valence-corrected chi connectivity index (χ1v) is 7.49. The standard InChI is InChI=1S/C14H20N2O3S/c1-14(2,3)10-8-20-11(15-10)7-16-6-9(5-12(16)17)13(18)19-4/h8-9H,5-7H2,1-4H3. The zero-order valence-electron chi connectivity index (χ0n) is 12.3. The molecule has 1 atom stereocenters. The third kappa shape index (κ3) is 3.17. The van der Waals surface area contributed by atoms with Crippen molar-refractivity contribution in [3.8, 4) is 0 Å². The van der Waals surface area contributed by atoms with Crippen LogP contribution in [0.1, 0.15) is 37.9 Å². The molecule has 0 spiro atoms. The SMILES string of the molecule is COC(=O)C1CC(=O)N(Cc2nc(C(C)(C)C)cs2)C1. The topological polar surface area (TPSA) is 59.5 Å². The minimum atomic E-state index is -0.338. The first-order valence-electron chi connectivity index (χ1n) is 6.61. The van der Waals surface area contributed by atoms with Gasteiger partial charge in [0.1, 0.15) is 5.01 Å². The molecule has 5 nitrogen and oxygen atoms in total.